The number of alkyl halides is 3. The number of hydrogen-bond acceptors (Lipinski definition) is 2. The van der Waals surface area contributed by atoms with Gasteiger partial charge in [-0.2, -0.15) is 25.8 Å². The summed E-state index contributed by atoms with van der Waals surface area (Å²) < 4.78 is 36.9. The summed E-state index contributed by atoms with van der Waals surface area (Å²) in [5, 5.41) is 2.91. The van der Waals surface area contributed by atoms with Crippen LogP contribution in [0.3, 0.4) is 0 Å². The maximum Gasteiger partial charge on any atom is 0.416 e. The molecule has 0 saturated heterocycles. The second kappa shape index (κ2) is 5.30. The van der Waals surface area contributed by atoms with E-state index >= 15 is 0 Å². The molecular weight excluding hydrogens is 223 g/mol. The van der Waals surface area contributed by atoms with Crippen LogP contribution in [0.4, 0.5) is 18.9 Å². The Hall–Kier alpha value is -0.840. The van der Waals surface area contributed by atoms with E-state index in [4.69, 9.17) is 0 Å². The highest BCUT2D eigenvalue weighted by Gasteiger charge is 2.30. The summed E-state index contributed by atoms with van der Waals surface area (Å²) in [4.78, 5) is 0. The van der Waals surface area contributed by atoms with E-state index in [-0.39, 0.29) is 0 Å². The third kappa shape index (κ3) is 4.03. The van der Waals surface area contributed by atoms with Crippen LogP contribution in [-0.4, -0.2) is 12.3 Å². The van der Waals surface area contributed by atoms with E-state index in [0.717, 1.165) is 18.6 Å². The normalized spacial score (nSPS) is 11.5. The van der Waals surface area contributed by atoms with Gasteiger partial charge in [0, 0.05) is 12.2 Å². The zero-order chi connectivity index (χ0) is 11.3. The first-order chi connectivity index (χ1) is 7.04. The van der Waals surface area contributed by atoms with Crippen LogP contribution in [0, 0.1) is 0 Å². The van der Waals surface area contributed by atoms with Crippen molar-refractivity contribution in [2.75, 3.05) is 17.6 Å². The number of thiol groups is 1. The minimum absolute atomic E-state index is 0.492. The Morgan fingerprint density at radius 2 is 2.00 bits per heavy atom. The predicted octanol–water partition coefficient (Wildman–Crippen LogP) is 3.44. The molecule has 15 heavy (non-hydrogen) atoms. The summed E-state index contributed by atoms with van der Waals surface area (Å²) in [6, 6.07) is 5.18. The van der Waals surface area contributed by atoms with Gasteiger partial charge >= 0.3 is 6.18 Å². The number of hydrogen-bond donors (Lipinski definition) is 2. The lowest BCUT2D eigenvalue weighted by atomic mass is 10.2. The Morgan fingerprint density at radius 3 is 2.60 bits per heavy atom. The van der Waals surface area contributed by atoms with Crippen LogP contribution in [-0.2, 0) is 6.18 Å². The summed E-state index contributed by atoms with van der Waals surface area (Å²) >= 11 is 4.01. The molecule has 0 aromatic heterocycles. The highest BCUT2D eigenvalue weighted by atomic mass is 32.1. The van der Waals surface area contributed by atoms with Gasteiger partial charge in [0.1, 0.15) is 0 Å². The third-order valence-electron chi connectivity index (χ3n) is 1.85. The molecule has 0 bridgehead atoms. The number of nitrogens with one attached hydrogen (secondary N) is 1. The fourth-order valence-electron chi connectivity index (χ4n) is 1.12. The van der Waals surface area contributed by atoms with E-state index in [1.54, 1.807) is 6.07 Å². The number of halogens is 3. The van der Waals surface area contributed by atoms with Crippen LogP contribution in [0.5, 0.6) is 0 Å². The molecule has 0 saturated carbocycles. The number of rotatable bonds is 4. The molecular formula is C10H12F3NS. The monoisotopic (exact) mass is 235 g/mol. The minimum atomic E-state index is -4.28. The van der Waals surface area contributed by atoms with E-state index in [2.05, 4.69) is 17.9 Å². The average Bonchev–Trinajstić information content (AvgIpc) is 2.17. The molecule has 0 aliphatic heterocycles. The van der Waals surface area contributed by atoms with Gasteiger partial charge in [0.15, 0.2) is 0 Å². The lowest BCUT2D eigenvalue weighted by Gasteiger charge is -2.09. The van der Waals surface area contributed by atoms with Crippen molar-refractivity contribution in [1.29, 1.82) is 0 Å². The molecule has 0 aliphatic rings. The minimum Gasteiger partial charge on any atom is -0.385 e. The molecule has 0 fully saturated rings. The fourth-order valence-corrected chi connectivity index (χ4v) is 1.28. The molecule has 1 rings (SSSR count). The Kier molecular flexibility index (Phi) is 4.32. The molecule has 0 atom stereocenters. The van der Waals surface area contributed by atoms with Crippen LogP contribution >= 0.6 is 12.6 Å². The molecule has 0 amide bonds. The van der Waals surface area contributed by atoms with E-state index in [1.165, 1.54) is 6.07 Å². The van der Waals surface area contributed by atoms with E-state index in [0.29, 0.717) is 18.0 Å². The Labute approximate surface area is 92.1 Å². The standard InChI is InChI=1S/C10H12F3NS/c11-10(12,13)8-3-1-4-9(7-8)14-5-2-6-15/h1,3-4,7,14-15H,2,5-6H2. The van der Waals surface area contributed by atoms with Gasteiger partial charge in [-0.3, -0.25) is 0 Å². The zero-order valence-electron chi connectivity index (χ0n) is 8.01. The first-order valence-electron chi connectivity index (χ1n) is 4.56. The van der Waals surface area contributed by atoms with Crippen molar-refractivity contribution in [3.63, 3.8) is 0 Å². The first kappa shape index (κ1) is 12.2. The molecule has 0 spiro atoms. The van der Waals surface area contributed by atoms with Crippen LogP contribution in [0.2, 0.25) is 0 Å². The van der Waals surface area contributed by atoms with E-state index < -0.39 is 11.7 Å². The van der Waals surface area contributed by atoms with Crippen molar-refractivity contribution in [1.82, 2.24) is 0 Å². The highest BCUT2D eigenvalue weighted by molar-refractivity contribution is 7.80. The summed E-state index contributed by atoms with van der Waals surface area (Å²) in [6.07, 6.45) is -3.46. The molecule has 0 radical (unpaired) electrons. The van der Waals surface area contributed by atoms with Crippen LogP contribution < -0.4 is 5.32 Å². The van der Waals surface area contributed by atoms with Gasteiger partial charge in [-0.1, -0.05) is 6.07 Å². The summed E-state index contributed by atoms with van der Waals surface area (Å²) in [5.41, 5.74) is -0.134. The summed E-state index contributed by atoms with van der Waals surface area (Å²) in [6.45, 7) is 0.630. The smallest absolute Gasteiger partial charge is 0.385 e. The largest absolute Gasteiger partial charge is 0.416 e. The SMILES string of the molecule is FC(F)(F)c1cccc(NCCCS)c1. The summed E-state index contributed by atoms with van der Waals surface area (Å²) in [7, 11) is 0. The molecule has 0 unspecified atom stereocenters. The van der Waals surface area contributed by atoms with Crippen LogP contribution in [0.15, 0.2) is 24.3 Å². The van der Waals surface area contributed by atoms with Crippen molar-refractivity contribution in [3.8, 4) is 0 Å². The van der Waals surface area contributed by atoms with E-state index in [1.807, 2.05) is 0 Å². The van der Waals surface area contributed by atoms with Crippen LogP contribution in [0.1, 0.15) is 12.0 Å². The Balaban J connectivity index is 2.66. The quantitative estimate of drug-likeness (QED) is 0.601. The molecule has 0 aliphatic carbocycles. The highest BCUT2D eigenvalue weighted by Crippen LogP contribution is 2.30. The predicted molar refractivity (Wildman–Crippen MR) is 58.4 cm³/mol. The second-order valence-electron chi connectivity index (χ2n) is 3.08. The molecule has 1 nitrogen and oxygen atoms in total. The molecule has 1 aromatic carbocycles. The van der Waals surface area contributed by atoms with Gasteiger partial charge in [-0.25, -0.2) is 0 Å². The summed E-state index contributed by atoms with van der Waals surface area (Å²) in [5.74, 6) is 0.714. The van der Waals surface area contributed by atoms with Gasteiger partial charge in [0.25, 0.3) is 0 Å². The zero-order valence-corrected chi connectivity index (χ0v) is 8.91. The van der Waals surface area contributed by atoms with Crippen molar-refractivity contribution in [2.45, 2.75) is 12.6 Å². The topological polar surface area (TPSA) is 12.0 Å². The Bertz CT molecular complexity index is 312. The van der Waals surface area contributed by atoms with Gasteiger partial charge < -0.3 is 5.32 Å². The van der Waals surface area contributed by atoms with Crippen molar-refractivity contribution >= 4 is 18.3 Å². The third-order valence-corrected chi connectivity index (χ3v) is 2.17. The van der Waals surface area contributed by atoms with Crippen molar-refractivity contribution in [3.05, 3.63) is 29.8 Å². The average molecular weight is 235 g/mol. The van der Waals surface area contributed by atoms with Crippen LogP contribution in [0.25, 0.3) is 0 Å². The molecule has 1 aromatic rings. The fraction of sp³-hybridized carbons (Fsp3) is 0.400. The second-order valence-corrected chi connectivity index (χ2v) is 3.53. The molecule has 5 heteroatoms. The number of anilines is 1. The maximum absolute atomic E-state index is 12.3. The van der Waals surface area contributed by atoms with Crippen molar-refractivity contribution in [2.24, 2.45) is 0 Å². The van der Waals surface area contributed by atoms with Gasteiger partial charge in [-0.05, 0) is 30.4 Å². The van der Waals surface area contributed by atoms with Gasteiger partial charge in [0.2, 0.25) is 0 Å². The number of benzene rings is 1. The van der Waals surface area contributed by atoms with Crippen molar-refractivity contribution < 1.29 is 13.2 Å². The molecule has 84 valence electrons. The first-order valence-corrected chi connectivity index (χ1v) is 5.19. The molecule has 1 N–H and O–H groups in total. The lowest BCUT2D eigenvalue weighted by molar-refractivity contribution is -0.137. The van der Waals surface area contributed by atoms with Gasteiger partial charge in [-0.15, -0.1) is 0 Å². The lowest BCUT2D eigenvalue weighted by Crippen LogP contribution is -2.07. The van der Waals surface area contributed by atoms with Gasteiger partial charge in [0.05, 0.1) is 5.56 Å². The molecule has 0 heterocycles. The Morgan fingerprint density at radius 1 is 1.27 bits per heavy atom. The van der Waals surface area contributed by atoms with E-state index in [9.17, 15) is 13.2 Å². The maximum atomic E-state index is 12.3.